The number of para-hydroxylation sites is 1. The first-order chi connectivity index (χ1) is 13.1. The Bertz CT molecular complexity index is 1170. The zero-order valence-electron chi connectivity index (χ0n) is 14.8. The molecule has 0 saturated carbocycles. The molecule has 7 nitrogen and oxygen atoms in total. The third kappa shape index (κ3) is 3.28. The molecule has 0 spiro atoms. The van der Waals surface area contributed by atoms with Gasteiger partial charge in [0.1, 0.15) is 29.7 Å². The molecule has 0 saturated heterocycles. The summed E-state index contributed by atoms with van der Waals surface area (Å²) in [5, 5.41) is 17.6. The number of rotatable bonds is 4. The van der Waals surface area contributed by atoms with E-state index in [1.54, 1.807) is 10.7 Å². The molecule has 0 aliphatic carbocycles. The SMILES string of the molecule is Cc1cccc(C#N)c1Oc1ccc2ncnc(Nc3ccn(C)n3)c2c1. The van der Waals surface area contributed by atoms with Gasteiger partial charge in [0.05, 0.1) is 11.1 Å². The van der Waals surface area contributed by atoms with Crippen molar-refractivity contribution < 1.29 is 4.74 Å². The second-order valence-electron chi connectivity index (χ2n) is 6.07. The van der Waals surface area contributed by atoms with E-state index in [9.17, 15) is 5.26 Å². The number of aryl methyl sites for hydroxylation is 2. The van der Waals surface area contributed by atoms with E-state index in [0.717, 1.165) is 16.5 Å². The fraction of sp³-hybridized carbons (Fsp3) is 0.100. The van der Waals surface area contributed by atoms with E-state index in [2.05, 4.69) is 26.5 Å². The Balaban J connectivity index is 1.74. The van der Waals surface area contributed by atoms with Crippen molar-refractivity contribution in [1.82, 2.24) is 19.7 Å². The van der Waals surface area contributed by atoms with Gasteiger partial charge in [0.15, 0.2) is 5.82 Å². The van der Waals surface area contributed by atoms with Crippen LogP contribution in [0, 0.1) is 18.3 Å². The van der Waals surface area contributed by atoms with Crippen LogP contribution < -0.4 is 10.1 Å². The minimum Gasteiger partial charge on any atom is -0.456 e. The lowest BCUT2D eigenvalue weighted by Gasteiger charge is -2.12. The van der Waals surface area contributed by atoms with Crippen LogP contribution in [0.1, 0.15) is 11.1 Å². The van der Waals surface area contributed by atoms with Crippen molar-refractivity contribution in [2.45, 2.75) is 6.92 Å². The molecule has 4 aromatic rings. The molecule has 0 bridgehead atoms. The zero-order valence-corrected chi connectivity index (χ0v) is 14.8. The smallest absolute Gasteiger partial charge is 0.153 e. The van der Waals surface area contributed by atoms with Crippen LogP contribution in [-0.4, -0.2) is 19.7 Å². The van der Waals surface area contributed by atoms with Gasteiger partial charge >= 0.3 is 0 Å². The van der Waals surface area contributed by atoms with E-state index < -0.39 is 0 Å². The summed E-state index contributed by atoms with van der Waals surface area (Å²) >= 11 is 0. The van der Waals surface area contributed by atoms with Gasteiger partial charge in [-0.3, -0.25) is 4.68 Å². The van der Waals surface area contributed by atoms with Crippen LogP contribution in [0.3, 0.4) is 0 Å². The Labute approximate surface area is 155 Å². The number of benzene rings is 2. The van der Waals surface area contributed by atoms with Gasteiger partial charge in [-0.1, -0.05) is 12.1 Å². The van der Waals surface area contributed by atoms with E-state index in [0.29, 0.717) is 28.7 Å². The largest absolute Gasteiger partial charge is 0.456 e. The molecule has 2 aromatic heterocycles. The summed E-state index contributed by atoms with van der Waals surface area (Å²) in [6.07, 6.45) is 3.35. The predicted octanol–water partition coefficient (Wildman–Crippen LogP) is 4.08. The first-order valence-corrected chi connectivity index (χ1v) is 8.33. The van der Waals surface area contributed by atoms with Gasteiger partial charge in [-0.25, -0.2) is 9.97 Å². The monoisotopic (exact) mass is 356 g/mol. The van der Waals surface area contributed by atoms with Crippen LogP contribution in [0.4, 0.5) is 11.6 Å². The number of hydrogen-bond acceptors (Lipinski definition) is 6. The topological polar surface area (TPSA) is 88.6 Å². The minimum atomic E-state index is 0.492. The molecule has 0 radical (unpaired) electrons. The van der Waals surface area contributed by atoms with Crippen molar-refractivity contribution in [1.29, 1.82) is 5.26 Å². The summed E-state index contributed by atoms with van der Waals surface area (Å²) in [5.41, 5.74) is 2.16. The minimum absolute atomic E-state index is 0.492. The Morgan fingerprint density at radius 1 is 1.15 bits per heavy atom. The van der Waals surface area contributed by atoms with Crippen LogP contribution in [0.2, 0.25) is 0 Å². The lowest BCUT2D eigenvalue weighted by Crippen LogP contribution is -1.98. The first kappa shape index (κ1) is 16.5. The predicted molar refractivity (Wildman–Crippen MR) is 102 cm³/mol. The van der Waals surface area contributed by atoms with Crippen molar-refractivity contribution in [3.63, 3.8) is 0 Å². The molecule has 0 atom stereocenters. The van der Waals surface area contributed by atoms with Gasteiger partial charge in [-0.15, -0.1) is 0 Å². The highest BCUT2D eigenvalue weighted by Gasteiger charge is 2.11. The van der Waals surface area contributed by atoms with E-state index in [4.69, 9.17) is 4.74 Å². The quantitative estimate of drug-likeness (QED) is 0.593. The Hall–Kier alpha value is -3.92. The summed E-state index contributed by atoms with van der Waals surface area (Å²) in [6, 6.07) is 15.1. The van der Waals surface area contributed by atoms with Crippen LogP contribution >= 0.6 is 0 Å². The summed E-state index contributed by atoms with van der Waals surface area (Å²) in [7, 11) is 1.85. The van der Waals surface area contributed by atoms with Crippen molar-refractivity contribution in [2.75, 3.05) is 5.32 Å². The average Bonchev–Trinajstić information content (AvgIpc) is 3.08. The molecule has 2 heterocycles. The van der Waals surface area contributed by atoms with Gasteiger partial charge in [0.2, 0.25) is 0 Å². The molecule has 0 aliphatic heterocycles. The Morgan fingerprint density at radius 2 is 2.04 bits per heavy atom. The van der Waals surface area contributed by atoms with E-state index in [-0.39, 0.29) is 0 Å². The van der Waals surface area contributed by atoms with Gasteiger partial charge in [0, 0.05) is 24.7 Å². The van der Waals surface area contributed by atoms with Crippen molar-refractivity contribution in [3.8, 4) is 17.6 Å². The number of anilines is 2. The molecular weight excluding hydrogens is 340 g/mol. The fourth-order valence-electron chi connectivity index (χ4n) is 2.80. The lowest BCUT2D eigenvalue weighted by molar-refractivity contribution is 0.478. The summed E-state index contributed by atoms with van der Waals surface area (Å²) in [6.45, 7) is 1.91. The molecular formula is C20H16N6O. The van der Waals surface area contributed by atoms with E-state index in [1.165, 1.54) is 6.33 Å². The molecule has 2 aromatic carbocycles. The van der Waals surface area contributed by atoms with Crippen LogP contribution in [0.15, 0.2) is 55.0 Å². The van der Waals surface area contributed by atoms with Gasteiger partial charge in [-0.05, 0) is 36.8 Å². The van der Waals surface area contributed by atoms with Crippen molar-refractivity contribution in [2.24, 2.45) is 7.05 Å². The van der Waals surface area contributed by atoms with Gasteiger partial charge in [0.25, 0.3) is 0 Å². The molecule has 7 heteroatoms. The second kappa shape index (κ2) is 6.77. The summed E-state index contributed by atoms with van der Waals surface area (Å²) < 4.78 is 7.73. The maximum absolute atomic E-state index is 9.33. The molecule has 0 aliphatic rings. The average molecular weight is 356 g/mol. The third-order valence-electron chi connectivity index (χ3n) is 4.12. The highest BCUT2D eigenvalue weighted by molar-refractivity contribution is 5.91. The van der Waals surface area contributed by atoms with Crippen molar-refractivity contribution >= 4 is 22.5 Å². The normalized spacial score (nSPS) is 10.6. The molecule has 0 amide bonds. The summed E-state index contributed by atoms with van der Waals surface area (Å²) in [5.74, 6) is 2.48. The number of ether oxygens (including phenoxy) is 1. The van der Waals surface area contributed by atoms with Gasteiger partial charge < -0.3 is 10.1 Å². The molecule has 27 heavy (non-hydrogen) atoms. The molecule has 4 rings (SSSR count). The van der Waals surface area contributed by atoms with E-state index >= 15 is 0 Å². The number of nitrogens with zero attached hydrogens (tertiary/aromatic N) is 5. The highest BCUT2D eigenvalue weighted by Crippen LogP contribution is 2.32. The number of nitrogens with one attached hydrogen (secondary N) is 1. The Morgan fingerprint density at radius 3 is 2.81 bits per heavy atom. The lowest BCUT2D eigenvalue weighted by atomic mass is 10.1. The number of nitriles is 1. The third-order valence-corrected chi connectivity index (χ3v) is 4.12. The van der Waals surface area contributed by atoms with Gasteiger partial charge in [-0.2, -0.15) is 10.4 Å². The zero-order chi connectivity index (χ0) is 18.8. The number of hydrogen-bond donors (Lipinski definition) is 1. The van der Waals surface area contributed by atoms with Crippen LogP contribution in [0.25, 0.3) is 10.9 Å². The van der Waals surface area contributed by atoms with E-state index in [1.807, 2.05) is 56.6 Å². The highest BCUT2D eigenvalue weighted by atomic mass is 16.5. The summed E-state index contributed by atoms with van der Waals surface area (Å²) in [4.78, 5) is 8.63. The first-order valence-electron chi connectivity index (χ1n) is 8.33. The number of fused-ring (bicyclic) bond motifs is 1. The number of aromatic nitrogens is 4. The molecule has 1 N–H and O–H groups in total. The van der Waals surface area contributed by atoms with Crippen LogP contribution in [-0.2, 0) is 7.05 Å². The maximum Gasteiger partial charge on any atom is 0.153 e. The standard InChI is InChI=1S/C20H16N6O/c1-13-4-3-5-14(11-21)19(13)27-15-6-7-17-16(10-15)20(23-12-22-17)24-18-8-9-26(2)25-18/h3-10,12H,1-2H3,(H,22,23,24,25). The van der Waals surface area contributed by atoms with Crippen LogP contribution in [0.5, 0.6) is 11.5 Å². The molecule has 0 fully saturated rings. The molecule has 0 unspecified atom stereocenters. The van der Waals surface area contributed by atoms with Crippen molar-refractivity contribution in [3.05, 3.63) is 66.1 Å². The molecule has 132 valence electrons. The second-order valence-corrected chi connectivity index (χ2v) is 6.07. The fourth-order valence-corrected chi connectivity index (χ4v) is 2.80. The Kier molecular flexibility index (Phi) is 4.15. The maximum atomic E-state index is 9.33.